The second kappa shape index (κ2) is 6.23. The van der Waals surface area contributed by atoms with Crippen molar-refractivity contribution in [2.45, 2.75) is 73.6 Å². The smallest absolute Gasteiger partial charge is 0.0302 e. The molecule has 17 heavy (non-hydrogen) atoms. The molecule has 0 aliphatic rings. The maximum absolute atomic E-state index is 2.33. The molecule has 0 atom stereocenters. The molecule has 0 spiro atoms. The number of benzene rings is 1. The quantitative estimate of drug-likeness (QED) is 0.683. The summed E-state index contributed by atoms with van der Waals surface area (Å²) in [5.74, 6) is 0. The Balaban J connectivity index is 3.66. The molecule has 96 valence electrons. The summed E-state index contributed by atoms with van der Waals surface area (Å²) < 4.78 is 0. The van der Waals surface area contributed by atoms with E-state index in [4.69, 9.17) is 0 Å². The monoisotopic (exact) mass is 232 g/mol. The van der Waals surface area contributed by atoms with Crippen molar-refractivity contribution in [1.29, 1.82) is 0 Å². The van der Waals surface area contributed by atoms with E-state index in [-0.39, 0.29) is 0 Å². The minimum atomic E-state index is 1.18. The summed E-state index contributed by atoms with van der Waals surface area (Å²) in [6, 6.07) is 0. The summed E-state index contributed by atoms with van der Waals surface area (Å²) in [5.41, 5.74) is 9.75. The van der Waals surface area contributed by atoms with Crippen molar-refractivity contribution in [2.75, 3.05) is 0 Å². The van der Waals surface area contributed by atoms with E-state index in [1.807, 2.05) is 0 Å². The summed E-state index contributed by atoms with van der Waals surface area (Å²) in [7, 11) is 0. The molecule has 0 N–H and O–H groups in total. The Hall–Kier alpha value is -0.780. The van der Waals surface area contributed by atoms with Crippen LogP contribution in [0.4, 0.5) is 0 Å². The third kappa shape index (κ3) is 2.41. The van der Waals surface area contributed by atoms with Crippen LogP contribution in [0.3, 0.4) is 0 Å². The first kappa shape index (κ1) is 14.3. The van der Waals surface area contributed by atoms with E-state index in [0.717, 1.165) is 0 Å². The zero-order valence-electron chi connectivity index (χ0n) is 12.5. The fraction of sp³-hybridized carbons (Fsp3) is 0.647. The van der Waals surface area contributed by atoms with Crippen LogP contribution >= 0.6 is 0 Å². The highest BCUT2D eigenvalue weighted by atomic mass is 14.2. The van der Waals surface area contributed by atoms with Gasteiger partial charge in [0.2, 0.25) is 0 Å². The molecule has 1 aromatic rings. The van der Waals surface area contributed by atoms with Crippen LogP contribution in [-0.4, -0.2) is 0 Å². The first-order valence-corrected chi connectivity index (χ1v) is 7.30. The van der Waals surface area contributed by atoms with Gasteiger partial charge in [0.15, 0.2) is 0 Å². The van der Waals surface area contributed by atoms with Gasteiger partial charge in [-0.2, -0.15) is 0 Å². The van der Waals surface area contributed by atoms with Gasteiger partial charge in [-0.3, -0.25) is 0 Å². The lowest BCUT2D eigenvalue weighted by Gasteiger charge is -2.23. The Labute approximate surface area is 107 Å². The van der Waals surface area contributed by atoms with Crippen molar-refractivity contribution in [3.05, 3.63) is 33.4 Å². The lowest BCUT2D eigenvalue weighted by atomic mass is 9.82. The first-order valence-electron chi connectivity index (χ1n) is 7.30. The molecule has 0 fully saturated rings. The molecular formula is C17H28. The van der Waals surface area contributed by atoms with E-state index >= 15 is 0 Å². The van der Waals surface area contributed by atoms with Crippen LogP contribution in [0.1, 0.15) is 68.0 Å². The maximum atomic E-state index is 2.33. The van der Waals surface area contributed by atoms with Crippen molar-refractivity contribution in [3.8, 4) is 0 Å². The Morgan fingerprint density at radius 3 is 0.941 bits per heavy atom. The maximum Gasteiger partial charge on any atom is -0.0302 e. The highest BCUT2D eigenvalue weighted by Crippen LogP contribution is 2.30. The zero-order chi connectivity index (χ0) is 13.0. The first-order chi connectivity index (χ1) is 8.15. The minimum absolute atomic E-state index is 1.18. The molecule has 0 saturated carbocycles. The largest absolute Gasteiger partial charge is 0.0613 e. The Morgan fingerprint density at radius 1 is 0.471 bits per heavy atom. The highest BCUT2D eigenvalue weighted by Gasteiger charge is 2.16. The van der Waals surface area contributed by atoms with Crippen molar-refractivity contribution < 1.29 is 0 Å². The van der Waals surface area contributed by atoms with Crippen molar-refractivity contribution in [2.24, 2.45) is 0 Å². The average Bonchev–Trinajstić information content (AvgIpc) is 2.36. The van der Waals surface area contributed by atoms with Gasteiger partial charge in [-0.15, -0.1) is 0 Å². The summed E-state index contributed by atoms with van der Waals surface area (Å²) in [6.45, 7) is 13.8. The van der Waals surface area contributed by atoms with E-state index in [0.29, 0.717) is 0 Å². The molecule has 0 radical (unpaired) electrons. The Morgan fingerprint density at radius 2 is 0.706 bits per heavy atom. The van der Waals surface area contributed by atoms with Crippen LogP contribution in [0, 0.1) is 6.92 Å². The van der Waals surface area contributed by atoms with Crippen LogP contribution in [0.15, 0.2) is 0 Å². The van der Waals surface area contributed by atoms with E-state index < -0.39 is 0 Å². The highest BCUT2D eigenvalue weighted by molar-refractivity contribution is 5.52. The molecule has 0 unspecified atom stereocenters. The SMILES string of the molecule is CCc1c(C)c(CC)c(CC)c(CC)c1CC. The van der Waals surface area contributed by atoms with Gasteiger partial charge in [-0.1, -0.05) is 34.6 Å². The van der Waals surface area contributed by atoms with Gasteiger partial charge in [0.05, 0.1) is 0 Å². The second-order valence-corrected chi connectivity index (χ2v) is 4.79. The molecule has 1 aromatic carbocycles. The van der Waals surface area contributed by atoms with Gasteiger partial charge in [-0.05, 0) is 72.4 Å². The fourth-order valence-corrected chi connectivity index (χ4v) is 3.42. The molecule has 0 nitrogen and oxygen atoms in total. The predicted octanol–water partition coefficient (Wildman–Crippen LogP) is 4.81. The lowest BCUT2D eigenvalue weighted by molar-refractivity contribution is 0.898. The van der Waals surface area contributed by atoms with Crippen LogP contribution in [0.25, 0.3) is 0 Å². The van der Waals surface area contributed by atoms with Gasteiger partial charge in [0.25, 0.3) is 0 Å². The number of hydrogen-bond donors (Lipinski definition) is 0. The molecule has 1 rings (SSSR count). The molecule has 0 bridgehead atoms. The Kier molecular flexibility index (Phi) is 5.24. The Bertz CT molecular complexity index is 353. The molecule has 0 aromatic heterocycles. The zero-order valence-corrected chi connectivity index (χ0v) is 12.5. The van der Waals surface area contributed by atoms with Crippen LogP contribution in [0.5, 0.6) is 0 Å². The van der Waals surface area contributed by atoms with Gasteiger partial charge in [-0.25, -0.2) is 0 Å². The third-order valence-electron chi connectivity index (χ3n) is 4.13. The normalized spacial score (nSPS) is 10.9. The van der Waals surface area contributed by atoms with E-state index in [1.54, 1.807) is 33.4 Å². The van der Waals surface area contributed by atoms with E-state index in [2.05, 4.69) is 41.5 Å². The second-order valence-electron chi connectivity index (χ2n) is 4.79. The van der Waals surface area contributed by atoms with Gasteiger partial charge < -0.3 is 0 Å². The average molecular weight is 232 g/mol. The van der Waals surface area contributed by atoms with E-state index in [9.17, 15) is 0 Å². The molecule has 0 heterocycles. The third-order valence-corrected chi connectivity index (χ3v) is 4.13. The molecule has 0 amide bonds. The predicted molar refractivity (Wildman–Crippen MR) is 78.1 cm³/mol. The molecule has 0 saturated heterocycles. The van der Waals surface area contributed by atoms with Gasteiger partial charge >= 0.3 is 0 Å². The molecular weight excluding hydrogens is 204 g/mol. The van der Waals surface area contributed by atoms with Crippen molar-refractivity contribution in [3.63, 3.8) is 0 Å². The van der Waals surface area contributed by atoms with Crippen LogP contribution < -0.4 is 0 Å². The molecule has 0 aliphatic heterocycles. The summed E-state index contributed by atoms with van der Waals surface area (Å²) in [5, 5.41) is 0. The number of rotatable bonds is 5. The lowest BCUT2D eigenvalue weighted by Crippen LogP contribution is -2.10. The fourth-order valence-electron chi connectivity index (χ4n) is 3.42. The van der Waals surface area contributed by atoms with Crippen LogP contribution in [0.2, 0.25) is 0 Å². The molecule has 0 aliphatic carbocycles. The number of hydrogen-bond acceptors (Lipinski definition) is 0. The summed E-state index contributed by atoms with van der Waals surface area (Å²) >= 11 is 0. The molecule has 0 heteroatoms. The van der Waals surface area contributed by atoms with Crippen LogP contribution in [-0.2, 0) is 32.1 Å². The van der Waals surface area contributed by atoms with Gasteiger partial charge in [0.1, 0.15) is 0 Å². The minimum Gasteiger partial charge on any atom is -0.0613 e. The topological polar surface area (TPSA) is 0 Å². The summed E-state index contributed by atoms with van der Waals surface area (Å²) in [4.78, 5) is 0. The van der Waals surface area contributed by atoms with Gasteiger partial charge in [0, 0.05) is 0 Å². The standard InChI is InChI=1S/C17H28/c1-7-13-12(6)14(8-2)16(10-4)17(11-5)15(13)9-3/h7-11H2,1-6H3. The van der Waals surface area contributed by atoms with E-state index in [1.165, 1.54) is 32.1 Å². The summed E-state index contributed by atoms with van der Waals surface area (Å²) in [6.07, 6.45) is 5.92. The van der Waals surface area contributed by atoms with Crippen molar-refractivity contribution in [1.82, 2.24) is 0 Å². The van der Waals surface area contributed by atoms with Crippen molar-refractivity contribution >= 4 is 0 Å².